The number of fused-ring (bicyclic) bond motifs is 3. The van der Waals surface area contributed by atoms with Crippen LogP contribution in [0.4, 0.5) is 0 Å². The predicted molar refractivity (Wildman–Crippen MR) is 79.8 cm³/mol. The van der Waals surface area contributed by atoms with Gasteiger partial charge in [0.05, 0.1) is 6.61 Å². The van der Waals surface area contributed by atoms with Gasteiger partial charge in [-0.25, -0.2) is 0 Å². The number of rotatable bonds is 3. The van der Waals surface area contributed by atoms with E-state index in [2.05, 4.69) is 16.4 Å². The Labute approximate surface area is 116 Å². The molecule has 0 bridgehead atoms. The Morgan fingerprint density at radius 2 is 2.05 bits per heavy atom. The number of carbonyl (C=O) groups is 1. The van der Waals surface area contributed by atoms with Crippen molar-refractivity contribution in [1.82, 2.24) is 10.3 Å². The van der Waals surface area contributed by atoms with E-state index in [1.165, 1.54) is 0 Å². The van der Waals surface area contributed by atoms with E-state index in [0.717, 1.165) is 21.7 Å². The van der Waals surface area contributed by atoms with E-state index < -0.39 is 0 Å². The van der Waals surface area contributed by atoms with E-state index in [-0.39, 0.29) is 18.6 Å². The van der Waals surface area contributed by atoms with Gasteiger partial charge in [0, 0.05) is 16.9 Å². The molecule has 0 aliphatic carbocycles. The number of nitrogens with one attached hydrogen (secondary N) is 2. The first kappa shape index (κ1) is 12.7. The van der Waals surface area contributed by atoms with Gasteiger partial charge in [0.25, 0.3) is 5.91 Å². The molecule has 3 aromatic rings. The second-order valence-corrected chi connectivity index (χ2v) is 4.99. The number of hydrogen-bond donors (Lipinski definition) is 3. The molecule has 4 nitrogen and oxygen atoms in total. The van der Waals surface area contributed by atoms with Gasteiger partial charge in [-0.05, 0) is 29.8 Å². The molecule has 0 fully saturated rings. The summed E-state index contributed by atoms with van der Waals surface area (Å²) in [6.45, 7) is 1.69. The molecule has 3 N–H and O–H groups in total. The average Bonchev–Trinajstić information content (AvgIpc) is 2.91. The van der Waals surface area contributed by atoms with E-state index in [9.17, 15) is 4.79 Å². The summed E-state index contributed by atoms with van der Waals surface area (Å²) in [6.07, 6.45) is 0. The summed E-state index contributed by atoms with van der Waals surface area (Å²) in [4.78, 5) is 15.2. The minimum Gasteiger partial charge on any atom is -0.394 e. The largest absolute Gasteiger partial charge is 0.394 e. The SMILES string of the molecule is CC(CO)NC(=O)c1cc2c(ccc3ccccc32)[nH]1. The molecule has 0 aliphatic rings. The number of aromatic amines is 1. The summed E-state index contributed by atoms with van der Waals surface area (Å²) in [5, 5.41) is 15.0. The standard InChI is InChI=1S/C16H16N2O2/c1-10(9-19)17-16(20)15-8-13-12-5-3-2-4-11(12)6-7-14(13)18-15/h2-8,10,18-19H,9H2,1H3,(H,17,20). The van der Waals surface area contributed by atoms with Crippen LogP contribution >= 0.6 is 0 Å². The van der Waals surface area contributed by atoms with Crippen LogP contribution in [-0.4, -0.2) is 28.6 Å². The van der Waals surface area contributed by atoms with Crippen molar-refractivity contribution < 1.29 is 9.90 Å². The Morgan fingerprint density at radius 1 is 1.25 bits per heavy atom. The Morgan fingerprint density at radius 3 is 2.85 bits per heavy atom. The van der Waals surface area contributed by atoms with Crippen LogP contribution in [0.25, 0.3) is 21.7 Å². The highest BCUT2D eigenvalue weighted by Gasteiger charge is 2.12. The third kappa shape index (κ3) is 2.14. The summed E-state index contributed by atoms with van der Waals surface area (Å²) in [7, 11) is 0. The zero-order valence-electron chi connectivity index (χ0n) is 11.2. The Bertz CT molecular complexity index is 776. The first-order valence-electron chi connectivity index (χ1n) is 6.61. The van der Waals surface area contributed by atoms with Crippen molar-refractivity contribution in [2.45, 2.75) is 13.0 Å². The summed E-state index contributed by atoms with van der Waals surface area (Å²) >= 11 is 0. The van der Waals surface area contributed by atoms with Crippen molar-refractivity contribution in [2.24, 2.45) is 0 Å². The lowest BCUT2D eigenvalue weighted by Crippen LogP contribution is -2.35. The number of H-pyrrole nitrogens is 1. The lowest BCUT2D eigenvalue weighted by Gasteiger charge is -2.08. The van der Waals surface area contributed by atoms with Crippen LogP contribution in [0.3, 0.4) is 0 Å². The van der Waals surface area contributed by atoms with E-state index in [1.807, 2.05) is 36.4 Å². The highest BCUT2D eigenvalue weighted by atomic mass is 16.3. The molecule has 0 saturated carbocycles. The van der Waals surface area contributed by atoms with Crippen molar-refractivity contribution in [3.63, 3.8) is 0 Å². The van der Waals surface area contributed by atoms with Gasteiger partial charge in [0.1, 0.15) is 5.69 Å². The number of amides is 1. The maximum absolute atomic E-state index is 12.1. The monoisotopic (exact) mass is 268 g/mol. The fourth-order valence-electron chi connectivity index (χ4n) is 2.36. The van der Waals surface area contributed by atoms with Gasteiger partial charge in [0.2, 0.25) is 0 Å². The smallest absolute Gasteiger partial charge is 0.268 e. The number of carbonyl (C=O) groups excluding carboxylic acids is 1. The highest BCUT2D eigenvalue weighted by molar-refractivity contribution is 6.09. The first-order valence-corrected chi connectivity index (χ1v) is 6.61. The molecule has 3 rings (SSSR count). The normalized spacial score (nSPS) is 12.7. The summed E-state index contributed by atoms with van der Waals surface area (Å²) in [5.74, 6) is -0.202. The number of benzene rings is 2. The van der Waals surface area contributed by atoms with Gasteiger partial charge in [-0.2, -0.15) is 0 Å². The van der Waals surface area contributed by atoms with Crippen molar-refractivity contribution in [2.75, 3.05) is 6.61 Å². The molecular formula is C16H16N2O2. The lowest BCUT2D eigenvalue weighted by molar-refractivity contribution is 0.0918. The van der Waals surface area contributed by atoms with Gasteiger partial charge in [0.15, 0.2) is 0 Å². The van der Waals surface area contributed by atoms with Crippen molar-refractivity contribution in [3.05, 3.63) is 48.2 Å². The van der Waals surface area contributed by atoms with E-state index >= 15 is 0 Å². The van der Waals surface area contributed by atoms with Crippen LogP contribution in [0.15, 0.2) is 42.5 Å². The number of aliphatic hydroxyl groups excluding tert-OH is 1. The quantitative estimate of drug-likeness (QED) is 0.683. The zero-order chi connectivity index (χ0) is 14.1. The first-order chi connectivity index (χ1) is 9.69. The van der Waals surface area contributed by atoms with E-state index in [1.54, 1.807) is 6.92 Å². The molecular weight excluding hydrogens is 252 g/mol. The summed E-state index contributed by atoms with van der Waals surface area (Å²) in [5.41, 5.74) is 1.45. The van der Waals surface area contributed by atoms with Gasteiger partial charge < -0.3 is 15.4 Å². The lowest BCUT2D eigenvalue weighted by atomic mass is 10.1. The number of aliphatic hydroxyl groups is 1. The van der Waals surface area contributed by atoms with Gasteiger partial charge in [-0.3, -0.25) is 4.79 Å². The van der Waals surface area contributed by atoms with Crippen LogP contribution < -0.4 is 5.32 Å². The Hall–Kier alpha value is -2.33. The fraction of sp³-hybridized carbons (Fsp3) is 0.188. The highest BCUT2D eigenvalue weighted by Crippen LogP contribution is 2.25. The maximum atomic E-state index is 12.1. The van der Waals surface area contributed by atoms with Crippen molar-refractivity contribution in [1.29, 1.82) is 0 Å². The molecule has 1 heterocycles. The summed E-state index contributed by atoms with van der Waals surface area (Å²) < 4.78 is 0. The third-order valence-electron chi connectivity index (χ3n) is 3.42. The molecule has 0 aliphatic heterocycles. The van der Waals surface area contributed by atoms with Crippen molar-refractivity contribution in [3.8, 4) is 0 Å². The molecule has 1 unspecified atom stereocenters. The molecule has 1 amide bonds. The number of aromatic nitrogens is 1. The minimum absolute atomic E-state index is 0.0745. The molecule has 4 heteroatoms. The Kier molecular flexibility index (Phi) is 3.16. The van der Waals surface area contributed by atoms with Crippen LogP contribution in [0.1, 0.15) is 17.4 Å². The molecule has 0 spiro atoms. The second-order valence-electron chi connectivity index (χ2n) is 4.99. The average molecular weight is 268 g/mol. The van der Waals surface area contributed by atoms with Crippen LogP contribution in [-0.2, 0) is 0 Å². The maximum Gasteiger partial charge on any atom is 0.268 e. The van der Waals surface area contributed by atoms with Gasteiger partial charge in [-0.15, -0.1) is 0 Å². The molecule has 102 valence electrons. The topological polar surface area (TPSA) is 65.1 Å². The molecule has 1 aromatic heterocycles. The minimum atomic E-state index is -0.259. The van der Waals surface area contributed by atoms with E-state index in [0.29, 0.717) is 5.69 Å². The van der Waals surface area contributed by atoms with Crippen LogP contribution in [0.5, 0.6) is 0 Å². The second kappa shape index (κ2) is 4.98. The number of hydrogen-bond acceptors (Lipinski definition) is 2. The molecule has 2 aromatic carbocycles. The fourth-order valence-corrected chi connectivity index (χ4v) is 2.36. The van der Waals surface area contributed by atoms with Gasteiger partial charge in [-0.1, -0.05) is 30.3 Å². The zero-order valence-corrected chi connectivity index (χ0v) is 11.2. The molecule has 1 atom stereocenters. The third-order valence-corrected chi connectivity index (χ3v) is 3.42. The molecule has 20 heavy (non-hydrogen) atoms. The van der Waals surface area contributed by atoms with Crippen LogP contribution in [0.2, 0.25) is 0 Å². The molecule has 0 saturated heterocycles. The van der Waals surface area contributed by atoms with Crippen molar-refractivity contribution >= 4 is 27.6 Å². The van der Waals surface area contributed by atoms with Gasteiger partial charge >= 0.3 is 0 Å². The molecule has 0 radical (unpaired) electrons. The Balaban J connectivity index is 2.06. The predicted octanol–water partition coefficient (Wildman–Crippen LogP) is 2.43. The van der Waals surface area contributed by atoms with E-state index in [4.69, 9.17) is 5.11 Å². The summed E-state index contributed by atoms with van der Waals surface area (Å²) in [6, 6.07) is 13.7. The van der Waals surface area contributed by atoms with Crippen LogP contribution in [0, 0.1) is 0 Å².